The van der Waals surface area contributed by atoms with Crippen LogP contribution in [-0.4, -0.2) is 18.0 Å². The van der Waals surface area contributed by atoms with Crippen LogP contribution in [0.1, 0.15) is 36.7 Å². The van der Waals surface area contributed by atoms with Gasteiger partial charge in [-0.25, -0.2) is 4.79 Å². The van der Waals surface area contributed by atoms with Crippen molar-refractivity contribution in [1.29, 1.82) is 0 Å². The Morgan fingerprint density at radius 1 is 1.39 bits per heavy atom. The third-order valence-corrected chi connectivity index (χ3v) is 2.41. The van der Waals surface area contributed by atoms with E-state index in [0.29, 0.717) is 12.1 Å². The van der Waals surface area contributed by atoms with Crippen LogP contribution >= 0.6 is 15.9 Å². The smallest absolute Gasteiger partial charge is 0.407 e. The largest absolute Gasteiger partial charge is 0.444 e. The van der Waals surface area contributed by atoms with Gasteiger partial charge in [-0.15, -0.1) is 0 Å². The molecule has 0 radical (unpaired) electrons. The van der Waals surface area contributed by atoms with Crippen LogP contribution in [0.2, 0.25) is 0 Å². The molecule has 0 fully saturated rings. The summed E-state index contributed by atoms with van der Waals surface area (Å²) >= 11 is 3.31. The number of amides is 1. The molecule has 0 bridgehead atoms. The van der Waals surface area contributed by atoms with Gasteiger partial charge >= 0.3 is 6.09 Å². The number of carbonyl (C=O) groups excluding carboxylic acids is 2. The summed E-state index contributed by atoms with van der Waals surface area (Å²) in [5.41, 5.74) is 0.873. The Bertz CT molecular complexity index is 452. The van der Waals surface area contributed by atoms with Gasteiger partial charge in [0.15, 0.2) is 0 Å². The minimum Gasteiger partial charge on any atom is -0.444 e. The van der Waals surface area contributed by atoms with Gasteiger partial charge in [-0.1, -0.05) is 15.9 Å². The molecule has 18 heavy (non-hydrogen) atoms. The molecule has 1 aromatic rings. The van der Waals surface area contributed by atoms with Crippen LogP contribution < -0.4 is 5.32 Å². The molecular weight excluding hydrogens is 298 g/mol. The van der Waals surface area contributed by atoms with Crippen LogP contribution in [-0.2, 0) is 11.3 Å². The fraction of sp³-hybridized carbons (Fsp3) is 0.385. The first-order valence-corrected chi connectivity index (χ1v) is 6.31. The molecule has 0 spiro atoms. The topological polar surface area (TPSA) is 55.4 Å². The number of ether oxygens (including phenoxy) is 1. The summed E-state index contributed by atoms with van der Waals surface area (Å²) in [6.45, 7) is 5.72. The molecule has 0 aromatic heterocycles. The van der Waals surface area contributed by atoms with Crippen LogP contribution in [0.5, 0.6) is 0 Å². The van der Waals surface area contributed by atoms with Crippen molar-refractivity contribution in [2.24, 2.45) is 0 Å². The number of halogens is 1. The maximum atomic E-state index is 11.5. The number of nitrogens with one attached hydrogen (secondary N) is 1. The van der Waals surface area contributed by atoms with Crippen molar-refractivity contribution in [2.45, 2.75) is 32.9 Å². The normalized spacial score (nSPS) is 10.9. The number of aldehydes is 1. The first-order chi connectivity index (χ1) is 8.30. The van der Waals surface area contributed by atoms with E-state index in [-0.39, 0.29) is 0 Å². The molecule has 0 unspecified atom stereocenters. The molecular formula is C13H16BrNO3. The predicted octanol–water partition coefficient (Wildman–Crippen LogP) is 3.29. The molecule has 4 nitrogen and oxygen atoms in total. The number of hydrogen-bond acceptors (Lipinski definition) is 3. The van der Waals surface area contributed by atoms with Crippen molar-refractivity contribution in [3.63, 3.8) is 0 Å². The summed E-state index contributed by atoms with van der Waals surface area (Å²) < 4.78 is 5.91. The summed E-state index contributed by atoms with van der Waals surface area (Å²) in [5.74, 6) is 0. The highest BCUT2D eigenvalue weighted by molar-refractivity contribution is 9.10. The second-order valence-electron chi connectivity index (χ2n) is 4.87. The zero-order valence-corrected chi connectivity index (χ0v) is 12.2. The molecule has 1 N–H and O–H groups in total. The van der Waals surface area contributed by atoms with E-state index in [9.17, 15) is 9.59 Å². The molecule has 98 valence electrons. The van der Waals surface area contributed by atoms with Crippen molar-refractivity contribution >= 4 is 28.3 Å². The zero-order valence-electron chi connectivity index (χ0n) is 10.6. The zero-order chi connectivity index (χ0) is 13.8. The van der Waals surface area contributed by atoms with Gasteiger partial charge in [-0.05, 0) is 44.5 Å². The highest BCUT2D eigenvalue weighted by Gasteiger charge is 2.15. The van der Waals surface area contributed by atoms with Gasteiger partial charge in [0.1, 0.15) is 11.9 Å². The Balaban J connectivity index is 2.61. The van der Waals surface area contributed by atoms with E-state index in [1.165, 1.54) is 0 Å². The SMILES string of the molecule is CC(C)(C)OC(=O)NCc1cc(Br)cc(C=O)c1. The standard InChI is InChI=1S/C13H16BrNO3/c1-13(2,3)18-12(17)15-7-9-4-10(8-16)6-11(14)5-9/h4-6,8H,7H2,1-3H3,(H,15,17). The quantitative estimate of drug-likeness (QED) is 0.871. The van der Waals surface area contributed by atoms with Gasteiger partial charge in [0.05, 0.1) is 0 Å². The first-order valence-electron chi connectivity index (χ1n) is 5.51. The van der Waals surface area contributed by atoms with E-state index in [4.69, 9.17) is 4.74 Å². The Kier molecular flexibility index (Phi) is 4.90. The Morgan fingerprint density at radius 2 is 2.06 bits per heavy atom. The van der Waals surface area contributed by atoms with E-state index < -0.39 is 11.7 Å². The molecule has 0 aliphatic carbocycles. The van der Waals surface area contributed by atoms with Crippen molar-refractivity contribution in [2.75, 3.05) is 0 Å². The maximum Gasteiger partial charge on any atom is 0.407 e. The van der Waals surface area contributed by atoms with Crippen molar-refractivity contribution < 1.29 is 14.3 Å². The van der Waals surface area contributed by atoms with E-state index in [1.807, 2.05) is 6.07 Å². The monoisotopic (exact) mass is 313 g/mol. The third kappa shape index (κ3) is 5.31. The predicted molar refractivity (Wildman–Crippen MR) is 72.6 cm³/mol. The van der Waals surface area contributed by atoms with Crippen LogP contribution in [0.3, 0.4) is 0 Å². The van der Waals surface area contributed by atoms with Crippen molar-refractivity contribution in [3.05, 3.63) is 33.8 Å². The van der Waals surface area contributed by atoms with E-state index in [1.54, 1.807) is 32.9 Å². The molecule has 0 atom stereocenters. The molecule has 0 heterocycles. The van der Waals surface area contributed by atoms with Gasteiger partial charge in [0.2, 0.25) is 0 Å². The summed E-state index contributed by atoms with van der Waals surface area (Å²) in [7, 11) is 0. The molecule has 1 aromatic carbocycles. The number of carbonyl (C=O) groups is 2. The summed E-state index contributed by atoms with van der Waals surface area (Å²) in [6.07, 6.45) is 0.289. The van der Waals surface area contributed by atoms with Gasteiger partial charge in [-0.3, -0.25) is 4.79 Å². The van der Waals surface area contributed by atoms with Gasteiger partial charge < -0.3 is 10.1 Å². The minimum atomic E-state index is -0.519. The Morgan fingerprint density at radius 3 is 2.61 bits per heavy atom. The number of alkyl carbamates (subject to hydrolysis) is 1. The molecule has 0 aliphatic heterocycles. The average molecular weight is 314 g/mol. The second kappa shape index (κ2) is 6.00. The van der Waals surface area contributed by atoms with E-state index in [2.05, 4.69) is 21.2 Å². The molecule has 5 heteroatoms. The van der Waals surface area contributed by atoms with Crippen molar-refractivity contribution in [3.8, 4) is 0 Å². The van der Waals surface area contributed by atoms with Crippen LogP contribution in [0.25, 0.3) is 0 Å². The molecule has 0 saturated carbocycles. The molecule has 0 saturated heterocycles. The Hall–Kier alpha value is -1.36. The van der Waals surface area contributed by atoms with Crippen LogP contribution in [0, 0.1) is 0 Å². The van der Waals surface area contributed by atoms with Gasteiger partial charge in [0, 0.05) is 16.6 Å². The number of hydrogen-bond donors (Lipinski definition) is 1. The van der Waals surface area contributed by atoms with Crippen LogP contribution in [0.15, 0.2) is 22.7 Å². The number of rotatable bonds is 3. The Labute approximate surface area is 115 Å². The lowest BCUT2D eigenvalue weighted by Crippen LogP contribution is -2.32. The minimum absolute atomic E-state index is 0.315. The maximum absolute atomic E-state index is 11.5. The molecule has 1 rings (SSSR count). The van der Waals surface area contributed by atoms with Gasteiger partial charge in [-0.2, -0.15) is 0 Å². The average Bonchev–Trinajstić information content (AvgIpc) is 2.23. The second-order valence-corrected chi connectivity index (χ2v) is 5.78. The lowest BCUT2D eigenvalue weighted by Gasteiger charge is -2.19. The third-order valence-electron chi connectivity index (χ3n) is 1.95. The fourth-order valence-electron chi connectivity index (χ4n) is 1.33. The van der Waals surface area contributed by atoms with Crippen LogP contribution in [0.4, 0.5) is 4.79 Å². The summed E-state index contributed by atoms with van der Waals surface area (Å²) in [6, 6.07) is 5.27. The van der Waals surface area contributed by atoms with Gasteiger partial charge in [0.25, 0.3) is 0 Å². The first kappa shape index (κ1) is 14.7. The summed E-state index contributed by atoms with van der Waals surface area (Å²) in [5, 5.41) is 2.64. The van der Waals surface area contributed by atoms with E-state index in [0.717, 1.165) is 16.3 Å². The highest BCUT2D eigenvalue weighted by atomic mass is 79.9. The van der Waals surface area contributed by atoms with Crippen molar-refractivity contribution in [1.82, 2.24) is 5.32 Å². The molecule has 0 aliphatic rings. The number of benzene rings is 1. The lowest BCUT2D eigenvalue weighted by atomic mass is 10.1. The summed E-state index contributed by atoms with van der Waals surface area (Å²) in [4.78, 5) is 22.2. The lowest BCUT2D eigenvalue weighted by molar-refractivity contribution is 0.0523. The van der Waals surface area contributed by atoms with E-state index >= 15 is 0 Å². The highest BCUT2D eigenvalue weighted by Crippen LogP contribution is 2.15. The fourth-order valence-corrected chi connectivity index (χ4v) is 1.89. The molecule has 1 amide bonds.